The highest BCUT2D eigenvalue weighted by Gasteiger charge is 2.49. The molecule has 8 nitrogen and oxygen atoms in total. The zero-order valence-corrected chi connectivity index (χ0v) is 16.3. The fourth-order valence-corrected chi connectivity index (χ4v) is 3.20. The van der Waals surface area contributed by atoms with Crippen molar-refractivity contribution < 1.29 is 23.9 Å². The Morgan fingerprint density at radius 2 is 1.86 bits per heavy atom. The Labute approximate surface area is 167 Å². The lowest BCUT2D eigenvalue weighted by Crippen LogP contribution is -2.42. The van der Waals surface area contributed by atoms with Gasteiger partial charge in [-0.1, -0.05) is 24.3 Å². The summed E-state index contributed by atoms with van der Waals surface area (Å²) in [6.45, 7) is 2.49. The molecule has 0 bridgehead atoms. The van der Waals surface area contributed by atoms with Crippen LogP contribution in [0.3, 0.4) is 0 Å². The van der Waals surface area contributed by atoms with Gasteiger partial charge in [-0.05, 0) is 43.7 Å². The average Bonchev–Trinajstić information content (AvgIpc) is 2.92. The second-order valence-electron chi connectivity index (χ2n) is 6.83. The van der Waals surface area contributed by atoms with E-state index in [2.05, 4.69) is 10.6 Å². The van der Waals surface area contributed by atoms with E-state index in [1.54, 1.807) is 55.5 Å². The summed E-state index contributed by atoms with van der Waals surface area (Å²) in [5, 5.41) is 5.24. The number of para-hydroxylation sites is 1. The van der Waals surface area contributed by atoms with Crippen molar-refractivity contribution in [2.24, 2.45) is 0 Å². The summed E-state index contributed by atoms with van der Waals surface area (Å²) in [5.41, 5.74) is -0.102. The zero-order valence-electron chi connectivity index (χ0n) is 16.3. The summed E-state index contributed by atoms with van der Waals surface area (Å²) in [5.74, 6) is -0.799. The van der Waals surface area contributed by atoms with Crippen molar-refractivity contribution in [1.29, 1.82) is 0 Å². The number of carbonyl (C=O) groups excluding carboxylic acids is 4. The molecular weight excluding hydrogens is 374 g/mol. The maximum atomic E-state index is 13.0. The number of methoxy groups -OCH3 is 1. The van der Waals surface area contributed by atoms with Gasteiger partial charge >= 0.3 is 6.03 Å². The predicted molar refractivity (Wildman–Crippen MR) is 106 cm³/mol. The van der Waals surface area contributed by atoms with Gasteiger partial charge in [0.15, 0.2) is 5.78 Å². The van der Waals surface area contributed by atoms with Crippen molar-refractivity contribution in [3.05, 3.63) is 59.7 Å². The normalized spacial score (nSPS) is 18.4. The van der Waals surface area contributed by atoms with Gasteiger partial charge in [0.25, 0.3) is 5.91 Å². The number of benzene rings is 2. The third-order valence-electron chi connectivity index (χ3n) is 4.80. The first-order valence-electron chi connectivity index (χ1n) is 8.94. The van der Waals surface area contributed by atoms with Crippen LogP contribution < -0.4 is 15.4 Å². The molecule has 0 radical (unpaired) electrons. The molecule has 1 aliphatic rings. The van der Waals surface area contributed by atoms with Crippen LogP contribution in [0, 0.1) is 0 Å². The van der Waals surface area contributed by atoms with Crippen molar-refractivity contribution in [3.8, 4) is 5.75 Å². The van der Waals surface area contributed by atoms with E-state index in [0.717, 1.165) is 4.90 Å². The van der Waals surface area contributed by atoms with Gasteiger partial charge in [-0.15, -0.1) is 0 Å². The Kier molecular flexibility index (Phi) is 5.36. The highest BCUT2D eigenvalue weighted by atomic mass is 16.5. The SMILES string of the molecule is COc1cccc([C@]2(C)NC(=O)N(CC(=O)Nc3ccccc3C(C)=O)C2=O)c1. The Hall–Kier alpha value is -3.68. The molecule has 0 saturated carbocycles. The number of rotatable bonds is 6. The lowest BCUT2D eigenvalue weighted by Gasteiger charge is -2.22. The van der Waals surface area contributed by atoms with Crippen molar-refractivity contribution >= 4 is 29.3 Å². The Morgan fingerprint density at radius 1 is 1.14 bits per heavy atom. The monoisotopic (exact) mass is 395 g/mol. The van der Waals surface area contributed by atoms with Crippen molar-refractivity contribution in [1.82, 2.24) is 10.2 Å². The van der Waals surface area contributed by atoms with Crippen molar-refractivity contribution in [3.63, 3.8) is 0 Å². The van der Waals surface area contributed by atoms with Crippen molar-refractivity contribution in [2.45, 2.75) is 19.4 Å². The molecule has 1 heterocycles. The molecule has 1 saturated heterocycles. The van der Waals surface area contributed by atoms with E-state index in [1.807, 2.05) is 0 Å². The van der Waals surface area contributed by atoms with E-state index in [4.69, 9.17) is 4.74 Å². The topological polar surface area (TPSA) is 105 Å². The smallest absolute Gasteiger partial charge is 0.325 e. The van der Waals surface area contributed by atoms with Crippen molar-refractivity contribution in [2.75, 3.05) is 19.0 Å². The number of urea groups is 1. The molecule has 2 aromatic rings. The zero-order chi connectivity index (χ0) is 21.2. The third-order valence-corrected chi connectivity index (χ3v) is 4.80. The average molecular weight is 395 g/mol. The standard InChI is InChI=1S/C21H21N3O5/c1-13(25)16-9-4-5-10-17(16)22-18(26)12-24-19(27)21(2,23-20(24)28)14-7-6-8-15(11-14)29-3/h4-11H,12H2,1-3H3,(H,22,26)(H,23,28)/t21-/m0/s1. The minimum atomic E-state index is -1.32. The highest BCUT2D eigenvalue weighted by molar-refractivity contribution is 6.11. The van der Waals surface area contributed by atoms with E-state index in [0.29, 0.717) is 22.6 Å². The quantitative estimate of drug-likeness (QED) is 0.577. The van der Waals surface area contributed by atoms with E-state index in [1.165, 1.54) is 14.0 Å². The molecule has 4 amide bonds. The number of imide groups is 1. The molecule has 2 N–H and O–H groups in total. The molecule has 1 aliphatic heterocycles. The number of anilines is 1. The largest absolute Gasteiger partial charge is 0.497 e. The number of nitrogens with one attached hydrogen (secondary N) is 2. The van der Waals surface area contributed by atoms with Crippen LogP contribution in [0.15, 0.2) is 48.5 Å². The first-order chi connectivity index (χ1) is 13.8. The Bertz CT molecular complexity index is 1000. The third kappa shape index (κ3) is 3.82. The minimum Gasteiger partial charge on any atom is -0.497 e. The van der Waals surface area contributed by atoms with Crippen LogP contribution in [0.2, 0.25) is 0 Å². The number of hydrogen-bond acceptors (Lipinski definition) is 5. The van der Waals surface area contributed by atoms with Gasteiger partial charge in [0, 0.05) is 5.56 Å². The number of hydrogen-bond donors (Lipinski definition) is 2. The summed E-state index contributed by atoms with van der Waals surface area (Å²) < 4.78 is 5.18. The summed E-state index contributed by atoms with van der Waals surface area (Å²) in [6.07, 6.45) is 0. The first kappa shape index (κ1) is 20.1. The summed E-state index contributed by atoms with van der Waals surface area (Å²) in [7, 11) is 1.51. The molecule has 150 valence electrons. The molecule has 3 rings (SSSR count). The predicted octanol–water partition coefficient (Wildman–Crippen LogP) is 2.30. The molecule has 0 aliphatic carbocycles. The van der Waals surface area contributed by atoms with Gasteiger partial charge in [-0.2, -0.15) is 0 Å². The van der Waals surface area contributed by atoms with Gasteiger partial charge in [-0.25, -0.2) is 4.79 Å². The second-order valence-corrected chi connectivity index (χ2v) is 6.83. The number of ether oxygens (including phenoxy) is 1. The fourth-order valence-electron chi connectivity index (χ4n) is 3.20. The summed E-state index contributed by atoms with van der Waals surface area (Å²) >= 11 is 0. The molecule has 2 aromatic carbocycles. The van der Waals surface area contributed by atoms with E-state index >= 15 is 0 Å². The molecule has 29 heavy (non-hydrogen) atoms. The van der Waals surface area contributed by atoms with Gasteiger partial charge < -0.3 is 15.4 Å². The van der Waals surface area contributed by atoms with Gasteiger partial charge in [0.05, 0.1) is 12.8 Å². The van der Waals surface area contributed by atoms with Crippen LogP contribution in [0.1, 0.15) is 29.8 Å². The van der Waals surface area contributed by atoms with Crippen LogP contribution in [0.4, 0.5) is 10.5 Å². The van der Waals surface area contributed by atoms with E-state index < -0.39 is 29.9 Å². The molecule has 0 unspecified atom stereocenters. The second kappa shape index (κ2) is 7.75. The van der Waals surface area contributed by atoms with Crippen LogP contribution in [0.5, 0.6) is 5.75 Å². The maximum absolute atomic E-state index is 13.0. The van der Waals surface area contributed by atoms with E-state index in [-0.39, 0.29) is 5.78 Å². The Balaban J connectivity index is 1.78. The molecule has 0 spiro atoms. The van der Waals surface area contributed by atoms with Gasteiger partial charge in [0.1, 0.15) is 17.8 Å². The molecule has 8 heteroatoms. The lowest BCUT2D eigenvalue weighted by atomic mass is 9.92. The van der Waals surface area contributed by atoms with Crippen LogP contribution in [-0.2, 0) is 15.1 Å². The molecular formula is C21H21N3O5. The molecule has 1 fully saturated rings. The molecule has 0 aromatic heterocycles. The Morgan fingerprint density at radius 3 is 2.55 bits per heavy atom. The number of Topliss-reactive ketones (excluding diaryl/α,β-unsaturated/α-hetero) is 1. The first-order valence-corrected chi connectivity index (χ1v) is 8.94. The number of ketones is 1. The number of amides is 4. The van der Waals surface area contributed by atoms with E-state index in [9.17, 15) is 19.2 Å². The minimum absolute atomic E-state index is 0.207. The van der Waals surface area contributed by atoms with Gasteiger partial charge in [0.2, 0.25) is 5.91 Å². The van der Waals surface area contributed by atoms with Crippen LogP contribution in [-0.4, -0.2) is 42.2 Å². The summed E-state index contributed by atoms with van der Waals surface area (Å²) in [4.78, 5) is 50.4. The van der Waals surface area contributed by atoms with Crippen LogP contribution >= 0.6 is 0 Å². The number of carbonyl (C=O) groups is 4. The van der Waals surface area contributed by atoms with Gasteiger partial charge in [-0.3, -0.25) is 19.3 Å². The molecule has 1 atom stereocenters. The maximum Gasteiger partial charge on any atom is 0.325 e. The highest BCUT2D eigenvalue weighted by Crippen LogP contribution is 2.30. The summed E-state index contributed by atoms with van der Waals surface area (Å²) in [6, 6.07) is 12.7. The lowest BCUT2D eigenvalue weighted by molar-refractivity contribution is -0.133. The number of nitrogens with zero attached hydrogens (tertiary/aromatic N) is 1. The fraction of sp³-hybridized carbons (Fsp3) is 0.238. The van der Waals surface area contributed by atoms with Crippen LogP contribution in [0.25, 0.3) is 0 Å².